The molecule has 98 valence electrons. The summed E-state index contributed by atoms with van der Waals surface area (Å²) in [5.41, 5.74) is -0.453. The molecular formula is C13H15F2NO2. The van der Waals surface area contributed by atoms with Gasteiger partial charge in [0.25, 0.3) is 0 Å². The van der Waals surface area contributed by atoms with Crippen molar-refractivity contribution in [3.05, 3.63) is 29.3 Å². The Kier molecular flexibility index (Phi) is 3.79. The van der Waals surface area contributed by atoms with E-state index in [9.17, 15) is 13.6 Å². The summed E-state index contributed by atoms with van der Waals surface area (Å²) < 4.78 is 27.7. The number of carbonyl (C=O) groups is 1. The number of hydrogen-bond acceptors (Lipinski definition) is 2. The third kappa shape index (κ3) is 2.60. The van der Waals surface area contributed by atoms with Gasteiger partial charge in [0.1, 0.15) is 17.3 Å². The third-order valence-corrected chi connectivity index (χ3v) is 3.19. The van der Waals surface area contributed by atoms with Crippen molar-refractivity contribution >= 4 is 11.7 Å². The fraction of sp³-hybridized carbons (Fsp3) is 0.462. The standard InChI is InChI=1S/C13H15F2NO2/c14-10-7-9(13(17)18)8-11(15)12(10)16-5-3-1-2-4-6-16/h7-8H,1-6H2,(H,17,18). The van der Waals surface area contributed by atoms with Crippen molar-refractivity contribution in [2.45, 2.75) is 25.7 Å². The molecule has 0 unspecified atom stereocenters. The summed E-state index contributed by atoms with van der Waals surface area (Å²) >= 11 is 0. The minimum absolute atomic E-state index is 0.0955. The molecule has 1 saturated heterocycles. The molecule has 0 bridgehead atoms. The molecule has 2 rings (SSSR count). The van der Waals surface area contributed by atoms with E-state index in [0.717, 1.165) is 37.8 Å². The predicted molar refractivity (Wildman–Crippen MR) is 64.0 cm³/mol. The van der Waals surface area contributed by atoms with E-state index in [0.29, 0.717) is 13.1 Å². The van der Waals surface area contributed by atoms with Crippen molar-refractivity contribution < 1.29 is 18.7 Å². The molecule has 1 fully saturated rings. The maximum atomic E-state index is 13.8. The highest BCUT2D eigenvalue weighted by atomic mass is 19.1. The summed E-state index contributed by atoms with van der Waals surface area (Å²) in [4.78, 5) is 12.4. The highest BCUT2D eigenvalue weighted by Crippen LogP contribution is 2.27. The van der Waals surface area contributed by atoms with Crippen LogP contribution in [-0.2, 0) is 0 Å². The van der Waals surface area contributed by atoms with E-state index in [1.165, 1.54) is 0 Å². The topological polar surface area (TPSA) is 40.5 Å². The quantitative estimate of drug-likeness (QED) is 0.883. The minimum atomic E-state index is -1.32. The molecule has 1 N–H and O–H groups in total. The number of carboxylic acids is 1. The summed E-state index contributed by atoms with van der Waals surface area (Å²) in [7, 11) is 0. The van der Waals surface area contributed by atoms with Gasteiger partial charge in [-0.05, 0) is 25.0 Å². The van der Waals surface area contributed by atoms with Gasteiger partial charge in [-0.2, -0.15) is 0 Å². The molecular weight excluding hydrogens is 240 g/mol. The number of halogens is 2. The summed E-state index contributed by atoms with van der Waals surface area (Å²) in [6.07, 6.45) is 3.93. The van der Waals surface area contributed by atoms with Crippen LogP contribution < -0.4 is 4.90 Å². The second-order valence-electron chi connectivity index (χ2n) is 4.49. The number of hydrogen-bond donors (Lipinski definition) is 1. The summed E-state index contributed by atoms with van der Waals surface area (Å²) in [6.45, 7) is 1.22. The van der Waals surface area contributed by atoms with E-state index in [2.05, 4.69) is 0 Å². The average molecular weight is 255 g/mol. The van der Waals surface area contributed by atoms with E-state index in [-0.39, 0.29) is 11.3 Å². The van der Waals surface area contributed by atoms with Gasteiger partial charge in [-0.3, -0.25) is 0 Å². The maximum Gasteiger partial charge on any atom is 0.335 e. The molecule has 0 saturated carbocycles. The van der Waals surface area contributed by atoms with Crippen molar-refractivity contribution in [3.8, 4) is 0 Å². The molecule has 1 heterocycles. The fourth-order valence-corrected chi connectivity index (χ4v) is 2.29. The van der Waals surface area contributed by atoms with Crippen LogP contribution in [0.1, 0.15) is 36.0 Å². The molecule has 3 nitrogen and oxygen atoms in total. The van der Waals surface area contributed by atoms with Gasteiger partial charge in [-0.1, -0.05) is 12.8 Å². The lowest BCUT2D eigenvalue weighted by molar-refractivity contribution is 0.0696. The highest BCUT2D eigenvalue weighted by molar-refractivity contribution is 5.88. The van der Waals surface area contributed by atoms with Gasteiger partial charge in [0.15, 0.2) is 0 Å². The Labute approximate surface area is 104 Å². The lowest BCUT2D eigenvalue weighted by Gasteiger charge is -2.23. The average Bonchev–Trinajstić information content (AvgIpc) is 2.57. The molecule has 18 heavy (non-hydrogen) atoms. The van der Waals surface area contributed by atoms with Crippen LogP contribution in [0.15, 0.2) is 12.1 Å². The van der Waals surface area contributed by atoms with Crippen LogP contribution in [0.3, 0.4) is 0 Å². The summed E-state index contributed by atoms with van der Waals surface area (Å²) in [5, 5.41) is 8.73. The monoisotopic (exact) mass is 255 g/mol. The smallest absolute Gasteiger partial charge is 0.335 e. The number of benzene rings is 1. The van der Waals surface area contributed by atoms with Crippen LogP contribution in [0.2, 0.25) is 0 Å². The SMILES string of the molecule is O=C(O)c1cc(F)c(N2CCCCCC2)c(F)c1. The fourth-order valence-electron chi connectivity index (χ4n) is 2.29. The first kappa shape index (κ1) is 12.8. The largest absolute Gasteiger partial charge is 0.478 e. The van der Waals surface area contributed by atoms with Crippen LogP contribution in [0.5, 0.6) is 0 Å². The zero-order chi connectivity index (χ0) is 13.1. The zero-order valence-electron chi connectivity index (χ0n) is 9.96. The van der Waals surface area contributed by atoms with Gasteiger partial charge in [0.2, 0.25) is 0 Å². The van der Waals surface area contributed by atoms with Crippen molar-refractivity contribution in [3.63, 3.8) is 0 Å². The van der Waals surface area contributed by atoms with Gasteiger partial charge < -0.3 is 10.0 Å². The number of nitrogens with zero attached hydrogens (tertiary/aromatic N) is 1. The molecule has 5 heteroatoms. The van der Waals surface area contributed by atoms with Crippen molar-refractivity contribution in [1.29, 1.82) is 0 Å². The van der Waals surface area contributed by atoms with Gasteiger partial charge >= 0.3 is 5.97 Å². The van der Waals surface area contributed by atoms with Gasteiger partial charge in [-0.25, -0.2) is 13.6 Å². The molecule has 0 spiro atoms. The Hall–Kier alpha value is -1.65. The molecule has 1 aromatic rings. The summed E-state index contributed by atoms with van der Waals surface area (Å²) in [6, 6.07) is 1.76. The normalized spacial score (nSPS) is 16.4. The molecule has 0 aromatic heterocycles. The Balaban J connectivity index is 2.34. The number of carboxylic acid groups (broad SMARTS) is 1. The van der Waals surface area contributed by atoms with Crippen molar-refractivity contribution in [2.24, 2.45) is 0 Å². The van der Waals surface area contributed by atoms with E-state index in [1.807, 2.05) is 0 Å². The molecule has 0 amide bonds. The van der Waals surface area contributed by atoms with Crippen LogP contribution in [0, 0.1) is 11.6 Å². The van der Waals surface area contributed by atoms with Crippen LogP contribution in [-0.4, -0.2) is 24.2 Å². The molecule has 0 radical (unpaired) electrons. The molecule has 1 aromatic carbocycles. The summed E-state index contributed by atoms with van der Waals surface area (Å²) in [5.74, 6) is -2.92. The van der Waals surface area contributed by atoms with E-state index < -0.39 is 17.6 Å². The molecule has 1 aliphatic heterocycles. The second kappa shape index (κ2) is 5.33. The maximum absolute atomic E-state index is 13.8. The lowest BCUT2D eigenvalue weighted by atomic mass is 10.1. The first-order chi connectivity index (χ1) is 8.59. The Bertz CT molecular complexity index is 431. The van der Waals surface area contributed by atoms with Gasteiger partial charge in [0.05, 0.1) is 5.56 Å². The molecule has 1 aliphatic rings. The zero-order valence-corrected chi connectivity index (χ0v) is 9.96. The van der Waals surface area contributed by atoms with E-state index in [1.54, 1.807) is 4.90 Å². The number of anilines is 1. The van der Waals surface area contributed by atoms with E-state index in [4.69, 9.17) is 5.11 Å². The van der Waals surface area contributed by atoms with Crippen molar-refractivity contribution in [1.82, 2.24) is 0 Å². The highest BCUT2D eigenvalue weighted by Gasteiger charge is 2.20. The van der Waals surface area contributed by atoms with Crippen molar-refractivity contribution in [2.75, 3.05) is 18.0 Å². The minimum Gasteiger partial charge on any atom is -0.478 e. The van der Waals surface area contributed by atoms with Gasteiger partial charge in [0, 0.05) is 13.1 Å². The first-order valence-electron chi connectivity index (χ1n) is 6.07. The Morgan fingerprint density at radius 1 is 1.06 bits per heavy atom. The molecule has 0 atom stereocenters. The van der Waals surface area contributed by atoms with Gasteiger partial charge in [-0.15, -0.1) is 0 Å². The first-order valence-corrected chi connectivity index (χ1v) is 6.07. The van der Waals surface area contributed by atoms with Crippen LogP contribution in [0.25, 0.3) is 0 Å². The van der Waals surface area contributed by atoms with Crippen LogP contribution in [0.4, 0.5) is 14.5 Å². The Morgan fingerprint density at radius 2 is 1.56 bits per heavy atom. The van der Waals surface area contributed by atoms with Crippen LogP contribution >= 0.6 is 0 Å². The number of rotatable bonds is 2. The molecule has 0 aliphatic carbocycles. The lowest BCUT2D eigenvalue weighted by Crippen LogP contribution is -2.26. The Morgan fingerprint density at radius 3 is 2.00 bits per heavy atom. The predicted octanol–water partition coefficient (Wildman–Crippen LogP) is 3.04. The van der Waals surface area contributed by atoms with E-state index >= 15 is 0 Å². The number of aromatic carboxylic acids is 1. The third-order valence-electron chi connectivity index (χ3n) is 3.19. The second-order valence-corrected chi connectivity index (χ2v) is 4.49.